The Morgan fingerprint density at radius 2 is 2.25 bits per heavy atom. The average molecular weight is 173 g/mol. The van der Waals surface area contributed by atoms with Crippen molar-refractivity contribution in [2.45, 2.75) is 44.2 Å². The Balaban J connectivity index is 2.62. The zero-order chi connectivity index (χ0) is 9.24. The second-order valence-electron chi connectivity index (χ2n) is 4.10. The quantitative estimate of drug-likeness (QED) is 0.645. The molecule has 0 spiro atoms. The minimum atomic E-state index is -0.414. The summed E-state index contributed by atoms with van der Waals surface area (Å²) in [6.45, 7) is 4.87. The number of hydrogen-bond acceptors (Lipinski definition) is 3. The normalized spacial score (nSPS) is 43.0. The first kappa shape index (κ1) is 9.96. The molecule has 0 bridgehead atoms. The number of hydrogen-bond donors (Lipinski definition) is 2. The maximum atomic E-state index is 9.10. The maximum absolute atomic E-state index is 9.10. The number of aliphatic hydroxyl groups is 1. The summed E-state index contributed by atoms with van der Waals surface area (Å²) in [4.78, 5) is 0. The summed E-state index contributed by atoms with van der Waals surface area (Å²) in [7, 11) is 0. The predicted octanol–water partition coefficient (Wildman–Crippen LogP) is 0.655. The largest absolute Gasteiger partial charge is 0.394 e. The Bertz CT molecular complexity index is 147. The molecule has 72 valence electrons. The second-order valence-corrected chi connectivity index (χ2v) is 4.10. The van der Waals surface area contributed by atoms with Crippen LogP contribution < -0.4 is 5.73 Å². The summed E-state index contributed by atoms with van der Waals surface area (Å²) < 4.78 is 5.62. The van der Waals surface area contributed by atoms with Gasteiger partial charge in [0.05, 0.1) is 12.2 Å². The van der Waals surface area contributed by atoms with Gasteiger partial charge in [0.1, 0.15) is 0 Å². The van der Waals surface area contributed by atoms with E-state index in [-0.39, 0.29) is 12.2 Å². The van der Waals surface area contributed by atoms with E-state index in [0.717, 1.165) is 19.3 Å². The van der Waals surface area contributed by atoms with Crippen LogP contribution in [-0.2, 0) is 4.74 Å². The van der Waals surface area contributed by atoms with Gasteiger partial charge < -0.3 is 15.6 Å². The lowest BCUT2D eigenvalue weighted by Gasteiger charge is -2.43. The predicted molar refractivity (Wildman–Crippen MR) is 47.9 cm³/mol. The zero-order valence-corrected chi connectivity index (χ0v) is 7.97. The molecule has 3 N–H and O–H groups in total. The highest BCUT2D eigenvalue weighted by molar-refractivity contribution is 4.95. The molecule has 2 atom stereocenters. The lowest BCUT2D eigenvalue weighted by molar-refractivity contribution is -0.102. The topological polar surface area (TPSA) is 55.5 Å². The fourth-order valence-electron chi connectivity index (χ4n) is 1.75. The smallest absolute Gasteiger partial charge is 0.0670 e. The van der Waals surface area contributed by atoms with Crippen LogP contribution in [0.3, 0.4) is 0 Å². The van der Waals surface area contributed by atoms with Gasteiger partial charge in [0.2, 0.25) is 0 Å². The molecule has 0 aliphatic carbocycles. The van der Waals surface area contributed by atoms with E-state index in [9.17, 15) is 0 Å². The number of aliphatic hydroxyl groups excluding tert-OH is 1. The van der Waals surface area contributed by atoms with Crippen molar-refractivity contribution in [1.29, 1.82) is 0 Å². The van der Waals surface area contributed by atoms with Crippen LogP contribution >= 0.6 is 0 Å². The highest BCUT2D eigenvalue weighted by Crippen LogP contribution is 2.32. The second kappa shape index (κ2) is 3.32. The molecular formula is C9H19NO2. The van der Waals surface area contributed by atoms with Crippen LogP contribution in [-0.4, -0.2) is 29.5 Å². The van der Waals surface area contributed by atoms with Crippen molar-refractivity contribution >= 4 is 0 Å². The van der Waals surface area contributed by atoms with Gasteiger partial charge in [-0.1, -0.05) is 6.92 Å². The SMILES string of the molecule is CCC1(C)CC(N)(CO)CCO1. The van der Waals surface area contributed by atoms with Gasteiger partial charge in [0, 0.05) is 12.1 Å². The van der Waals surface area contributed by atoms with Crippen molar-refractivity contribution in [3.63, 3.8) is 0 Å². The summed E-state index contributed by atoms with van der Waals surface area (Å²) in [5.41, 5.74) is 5.44. The van der Waals surface area contributed by atoms with Crippen LogP contribution in [0.15, 0.2) is 0 Å². The van der Waals surface area contributed by atoms with E-state index in [1.54, 1.807) is 0 Å². The van der Waals surface area contributed by atoms with Crippen LogP contribution in [0.1, 0.15) is 33.1 Å². The molecule has 3 nitrogen and oxygen atoms in total. The zero-order valence-electron chi connectivity index (χ0n) is 7.97. The third kappa shape index (κ3) is 1.97. The molecular weight excluding hydrogens is 154 g/mol. The van der Waals surface area contributed by atoms with E-state index in [4.69, 9.17) is 15.6 Å². The van der Waals surface area contributed by atoms with E-state index < -0.39 is 5.54 Å². The Kier molecular flexibility index (Phi) is 2.76. The van der Waals surface area contributed by atoms with Gasteiger partial charge in [-0.15, -0.1) is 0 Å². The third-order valence-corrected chi connectivity index (χ3v) is 2.84. The van der Waals surface area contributed by atoms with Gasteiger partial charge in [-0.25, -0.2) is 0 Å². The first-order valence-electron chi connectivity index (χ1n) is 4.57. The summed E-state index contributed by atoms with van der Waals surface area (Å²) in [6, 6.07) is 0. The molecule has 0 saturated carbocycles. The minimum Gasteiger partial charge on any atom is -0.394 e. The van der Waals surface area contributed by atoms with Crippen LogP contribution in [0.4, 0.5) is 0 Å². The van der Waals surface area contributed by atoms with Gasteiger partial charge in [0.25, 0.3) is 0 Å². The minimum absolute atomic E-state index is 0.0615. The molecule has 1 aliphatic heterocycles. The van der Waals surface area contributed by atoms with Gasteiger partial charge >= 0.3 is 0 Å². The fourth-order valence-corrected chi connectivity index (χ4v) is 1.75. The van der Waals surface area contributed by atoms with Crippen molar-refractivity contribution in [3.05, 3.63) is 0 Å². The Labute approximate surface area is 73.9 Å². The molecule has 0 radical (unpaired) electrons. The number of nitrogens with two attached hydrogens (primary N) is 1. The molecule has 2 unspecified atom stereocenters. The van der Waals surface area contributed by atoms with Gasteiger partial charge in [-0.05, 0) is 26.2 Å². The Morgan fingerprint density at radius 3 is 2.75 bits per heavy atom. The summed E-state index contributed by atoms with van der Waals surface area (Å²) in [6.07, 6.45) is 2.47. The first-order chi connectivity index (χ1) is 5.54. The summed E-state index contributed by atoms with van der Waals surface area (Å²) in [5.74, 6) is 0. The molecule has 0 amide bonds. The lowest BCUT2D eigenvalue weighted by atomic mass is 9.80. The standard InChI is InChI=1S/C9H19NO2/c1-3-8(2)6-9(10,7-11)4-5-12-8/h11H,3-7,10H2,1-2H3. The van der Waals surface area contributed by atoms with E-state index in [1.807, 2.05) is 0 Å². The average Bonchev–Trinajstić information content (AvgIpc) is 2.05. The maximum Gasteiger partial charge on any atom is 0.0670 e. The van der Waals surface area contributed by atoms with Crippen LogP contribution in [0.25, 0.3) is 0 Å². The fraction of sp³-hybridized carbons (Fsp3) is 1.00. The molecule has 1 fully saturated rings. The van der Waals surface area contributed by atoms with Crippen molar-refractivity contribution in [1.82, 2.24) is 0 Å². The Hall–Kier alpha value is -0.120. The van der Waals surface area contributed by atoms with Crippen LogP contribution in [0, 0.1) is 0 Å². The van der Waals surface area contributed by atoms with Crippen molar-refractivity contribution < 1.29 is 9.84 Å². The van der Waals surface area contributed by atoms with E-state index in [2.05, 4.69) is 13.8 Å². The molecule has 1 saturated heterocycles. The van der Waals surface area contributed by atoms with Gasteiger partial charge in [-0.3, -0.25) is 0 Å². The molecule has 12 heavy (non-hydrogen) atoms. The third-order valence-electron chi connectivity index (χ3n) is 2.84. The molecule has 1 aliphatic rings. The Morgan fingerprint density at radius 1 is 1.58 bits per heavy atom. The van der Waals surface area contributed by atoms with E-state index in [0.29, 0.717) is 6.61 Å². The highest BCUT2D eigenvalue weighted by Gasteiger charge is 2.39. The molecule has 3 heteroatoms. The van der Waals surface area contributed by atoms with E-state index in [1.165, 1.54) is 0 Å². The molecule has 1 heterocycles. The van der Waals surface area contributed by atoms with Crippen molar-refractivity contribution in [2.75, 3.05) is 13.2 Å². The van der Waals surface area contributed by atoms with Crippen LogP contribution in [0.2, 0.25) is 0 Å². The van der Waals surface area contributed by atoms with E-state index >= 15 is 0 Å². The first-order valence-corrected chi connectivity index (χ1v) is 4.57. The van der Waals surface area contributed by atoms with Gasteiger partial charge in [0.15, 0.2) is 0 Å². The molecule has 0 aromatic carbocycles. The summed E-state index contributed by atoms with van der Waals surface area (Å²) in [5, 5.41) is 9.10. The number of rotatable bonds is 2. The molecule has 1 rings (SSSR count). The summed E-state index contributed by atoms with van der Waals surface area (Å²) >= 11 is 0. The lowest BCUT2D eigenvalue weighted by Crippen LogP contribution is -2.55. The monoisotopic (exact) mass is 173 g/mol. The molecule has 0 aromatic heterocycles. The molecule has 0 aromatic rings. The van der Waals surface area contributed by atoms with Gasteiger partial charge in [-0.2, -0.15) is 0 Å². The van der Waals surface area contributed by atoms with Crippen molar-refractivity contribution in [3.8, 4) is 0 Å². The van der Waals surface area contributed by atoms with Crippen LogP contribution in [0.5, 0.6) is 0 Å². The highest BCUT2D eigenvalue weighted by atomic mass is 16.5. The van der Waals surface area contributed by atoms with Crippen molar-refractivity contribution in [2.24, 2.45) is 5.73 Å². The number of ether oxygens (including phenoxy) is 1.